The van der Waals surface area contributed by atoms with Gasteiger partial charge in [-0.1, -0.05) is 0 Å². The van der Waals surface area contributed by atoms with Crippen molar-refractivity contribution in [2.24, 2.45) is 0 Å². The van der Waals surface area contributed by atoms with Gasteiger partial charge in [0.15, 0.2) is 12.1 Å². The van der Waals surface area contributed by atoms with Gasteiger partial charge in [-0.3, -0.25) is 0 Å². The molecule has 2 rings (SSSR count). The molecular formula is C7H5N5O2. The maximum absolute atomic E-state index is 10.5. The smallest absolute Gasteiger partial charge is 0.337 e. The molecule has 2 heterocycles. The molecule has 0 aromatic carbocycles. The molecule has 0 radical (unpaired) electrons. The molecule has 0 bridgehead atoms. The number of nitrogens with zero attached hydrogens (tertiary/aromatic N) is 5. The zero-order valence-electron chi connectivity index (χ0n) is 6.90. The van der Waals surface area contributed by atoms with Crippen LogP contribution in [-0.4, -0.2) is 36.3 Å². The summed E-state index contributed by atoms with van der Waals surface area (Å²) >= 11 is 0. The lowest BCUT2D eigenvalue weighted by molar-refractivity contribution is 0.0696. The second-order valence-electron chi connectivity index (χ2n) is 2.44. The Bertz CT molecular complexity index is 436. The van der Waals surface area contributed by atoms with E-state index in [0.29, 0.717) is 5.82 Å². The second kappa shape index (κ2) is 3.21. The Morgan fingerprint density at radius 1 is 1.43 bits per heavy atom. The van der Waals surface area contributed by atoms with Gasteiger partial charge in [0.2, 0.25) is 0 Å². The van der Waals surface area contributed by atoms with E-state index in [0.717, 1.165) is 0 Å². The van der Waals surface area contributed by atoms with Crippen LogP contribution in [0.5, 0.6) is 0 Å². The number of carboxylic acid groups (broad SMARTS) is 1. The third-order valence-electron chi connectivity index (χ3n) is 1.55. The van der Waals surface area contributed by atoms with Crippen LogP contribution in [0.2, 0.25) is 0 Å². The van der Waals surface area contributed by atoms with Crippen molar-refractivity contribution >= 4 is 5.97 Å². The Morgan fingerprint density at radius 3 is 2.79 bits per heavy atom. The summed E-state index contributed by atoms with van der Waals surface area (Å²) in [6.07, 6.45) is 2.51. The number of pyridine rings is 1. The van der Waals surface area contributed by atoms with Crippen molar-refractivity contribution in [3.8, 4) is 5.82 Å². The molecular weight excluding hydrogens is 186 g/mol. The highest BCUT2D eigenvalue weighted by Crippen LogP contribution is 2.02. The summed E-state index contributed by atoms with van der Waals surface area (Å²) < 4.78 is 0. The third-order valence-corrected chi connectivity index (χ3v) is 1.55. The zero-order chi connectivity index (χ0) is 9.97. The van der Waals surface area contributed by atoms with Crippen molar-refractivity contribution in [2.75, 3.05) is 0 Å². The maximum Gasteiger partial charge on any atom is 0.337 e. The normalized spacial score (nSPS) is 10.0. The maximum atomic E-state index is 10.5. The van der Waals surface area contributed by atoms with E-state index in [4.69, 9.17) is 5.11 Å². The van der Waals surface area contributed by atoms with E-state index in [9.17, 15) is 4.79 Å². The van der Waals surface area contributed by atoms with Gasteiger partial charge in [0.25, 0.3) is 0 Å². The quantitative estimate of drug-likeness (QED) is 0.703. The van der Waals surface area contributed by atoms with Crippen LogP contribution in [0.3, 0.4) is 0 Å². The van der Waals surface area contributed by atoms with E-state index < -0.39 is 5.97 Å². The molecule has 0 unspecified atom stereocenters. The topological polar surface area (TPSA) is 93.8 Å². The monoisotopic (exact) mass is 191 g/mol. The van der Waals surface area contributed by atoms with Crippen LogP contribution in [0.25, 0.3) is 5.82 Å². The van der Waals surface area contributed by atoms with E-state index in [2.05, 4.69) is 20.4 Å². The minimum absolute atomic E-state index is 0.119. The Labute approximate surface area is 78.0 Å². The van der Waals surface area contributed by atoms with Gasteiger partial charge in [0.1, 0.15) is 0 Å². The lowest BCUT2D eigenvalue weighted by atomic mass is 10.3. The Morgan fingerprint density at radius 2 is 2.29 bits per heavy atom. The fraction of sp³-hybridized carbons (Fsp3) is 0. The predicted molar refractivity (Wildman–Crippen MR) is 43.9 cm³/mol. The van der Waals surface area contributed by atoms with Gasteiger partial charge in [-0.05, 0) is 17.3 Å². The van der Waals surface area contributed by atoms with Crippen LogP contribution in [0, 0.1) is 0 Å². The van der Waals surface area contributed by atoms with Crippen LogP contribution in [0.15, 0.2) is 24.7 Å². The SMILES string of the molecule is O=C(O)c1ccc(-n2ncnn2)nc1. The summed E-state index contributed by atoms with van der Waals surface area (Å²) in [5.41, 5.74) is 0.119. The van der Waals surface area contributed by atoms with Crippen LogP contribution < -0.4 is 0 Å². The molecule has 0 saturated carbocycles. The number of aromatic nitrogens is 5. The molecule has 70 valence electrons. The molecule has 7 heteroatoms. The van der Waals surface area contributed by atoms with Gasteiger partial charge in [-0.2, -0.15) is 0 Å². The van der Waals surface area contributed by atoms with Gasteiger partial charge in [-0.25, -0.2) is 9.78 Å². The Hall–Kier alpha value is -2.31. The molecule has 0 saturated heterocycles. The summed E-state index contributed by atoms with van der Waals surface area (Å²) in [6, 6.07) is 2.93. The number of rotatable bonds is 2. The van der Waals surface area contributed by atoms with E-state index in [-0.39, 0.29) is 5.56 Å². The number of hydrogen-bond donors (Lipinski definition) is 1. The third kappa shape index (κ3) is 1.42. The van der Waals surface area contributed by atoms with Gasteiger partial charge < -0.3 is 5.11 Å². The molecule has 0 amide bonds. The number of aromatic carboxylic acids is 1. The highest BCUT2D eigenvalue weighted by molar-refractivity contribution is 5.87. The van der Waals surface area contributed by atoms with Crippen molar-refractivity contribution < 1.29 is 9.90 Å². The fourth-order valence-corrected chi connectivity index (χ4v) is 0.903. The standard InChI is InChI=1S/C7H5N5O2/c13-7(14)5-1-2-6(8-3-5)12-10-4-9-11-12/h1-4H,(H,13,14). The summed E-state index contributed by atoms with van der Waals surface area (Å²) in [4.78, 5) is 15.6. The summed E-state index contributed by atoms with van der Waals surface area (Å²) in [5.74, 6) is -0.594. The molecule has 0 atom stereocenters. The minimum atomic E-state index is -1.02. The largest absolute Gasteiger partial charge is 0.478 e. The van der Waals surface area contributed by atoms with Gasteiger partial charge in [-0.15, -0.1) is 15.0 Å². The minimum Gasteiger partial charge on any atom is -0.478 e. The Kier molecular flexibility index (Phi) is 1.90. The van der Waals surface area contributed by atoms with E-state index in [1.54, 1.807) is 0 Å². The average molecular weight is 191 g/mol. The predicted octanol–water partition coefficient (Wildman–Crippen LogP) is -0.245. The molecule has 7 nitrogen and oxygen atoms in total. The van der Waals surface area contributed by atoms with Gasteiger partial charge in [0, 0.05) is 6.20 Å². The highest BCUT2D eigenvalue weighted by atomic mass is 16.4. The molecule has 1 N–H and O–H groups in total. The first kappa shape index (κ1) is 8.30. The number of tetrazole rings is 1. The average Bonchev–Trinajstić information content (AvgIpc) is 2.71. The first-order valence-electron chi connectivity index (χ1n) is 3.70. The zero-order valence-corrected chi connectivity index (χ0v) is 6.90. The fourth-order valence-electron chi connectivity index (χ4n) is 0.903. The molecule has 2 aromatic rings. The first-order chi connectivity index (χ1) is 6.77. The van der Waals surface area contributed by atoms with Crippen molar-refractivity contribution in [3.05, 3.63) is 30.2 Å². The van der Waals surface area contributed by atoms with Gasteiger partial charge in [0.05, 0.1) is 5.56 Å². The summed E-state index contributed by atoms with van der Waals surface area (Å²) in [6.45, 7) is 0. The summed E-state index contributed by atoms with van der Waals surface area (Å²) in [7, 11) is 0. The van der Waals surface area contributed by atoms with E-state index in [1.165, 1.54) is 29.5 Å². The number of carbonyl (C=O) groups is 1. The van der Waals surface area contributed by atoms with Crippen molar-refractivity contribution in [3.63, 3.8) is 0 Å². The van der Waals surface area contributed by atoms with Crippen LogP contribution in [-0.2, 0) is 0 Å². The molecule has 0 aliphatic rings. The lowest BCUT2D eigenvalue weighted by Crippen LogP contribution is -2.04. The van der Waals surface area contributed by atoms with Gasteiger partial charge >= 0.3 is 5.97 Å². The Balaban J connectivity index is 2.36. The molecule has 0 fully saturated rings. The molecule has 2 aromatic heterocycles. The highest BCUT2D eigenvalue weighted by Gasteiger charge is 2.04. The molecule has 0 spiro atoms. The lowest BCUT2D eigenvalue weighted by Gasteiger charge is -1.97. The number of hydrogen-bond acceptors (Lipinski definition) is 5. The van der Waals surface area contributed by atoms with E-state index >= 15 is 0 Å². The second-order valence-corrected chi connectivity index (χ2v) is 2.44. The van der Waals surface area contributed by atoms with Crippen LogP contribution in [0.4, 0.5) is 0 Å². The number of carboxylic acids is 1. The van der Waals surface area contributed by atoms with E-state index in [1.807, 2.05) is 0 Å². The summed E-state index contributed by atoms with van der Waals surface area (Å²) in [5, 5.41) is 19.5. The van der Waals surface area contributed by atoms with Crippen molar-refractivity contribution in [1.82, 2.24) is 25.2 Å². The van der Waals surface area contributed by atoms with Crippen LogP contribution in [0.1, 0.15) is 10.4 Å². The van der Waals surface area contributed by atoms with Crippen LogP contribution >= 0.6 is 0 Å². The molecule has 0 aliphatic heterocycles. The van der Waals surface area contributed by atoms with Crippen molar-refractivity contribution in [1.29, 1.82) is 0 Å². The first-order valence-corrected chi connectivity index (χ1v) is 3.70. The molecule has 14 heavy (non-hydrogen) atoms. The van der Waals surface area contributed by atoms with Crippen molar-refractivity contribution in [2.45, 2.75) is 0 Å². The molecule has 0 aliphatic carbocycles.